The zero-order valence-electron chi connectivity index (χ0n) is 11.8. The summed E-state index contributed by atoms with van der Waals surface area (Å²) in [6.45, 7) is 6.93. The third-order valence-electron chi connectivity index (χ3n) is 3.76. The third kappa shape index (κ3) is 2.80. The molecule has 0 bridgehead atoms. The highest BCUT2D eigenvalue weighted by molar-refractivity contribution is 5.98. The predicted octanol–water partition coefficient (Wildman–Crippen LogP) is 3.91. The standard InChI is InChI=1S/C16H21NO2/c1-4-12(5-2)10-17-16(18)15-11(3)13-8-6-7-9-14(13)19-15/h6-9,12H,4-5,10H2,1-3H3,(H,17,18). The minimum absolute atomic E-state index is 0.111. The van der Waals surface area contributed by atoms with E-state index in [1.165, 1.54) is 0 Å². The van der Waals surface area contributed by atoms with Crippen LogP contribution in [-0.4, -0.2) is 12.5 Å². The van der Waals surface area contributed by atoms with Crippen LogP contribution in [0.25, 0.3) is 11.0 Å². The first-order valence-corrected chi connectivity index (χ1v) is 6.93. The van der Waals surface area contributed by atoms with Crippen LogP contribution in [0.1, 0.15) is 42.8 Å². The molecule has 102 valence electrons. The highest BCUT2D eigenvalue weighted by Crippen LogP contribution is 2.24. The molecular weight excluding hydrogens is 238 g/mol. The molecule has 2 aromatic rings. The van der Waals surface area contributed by atoms with Crippen LogP contribution in [-0.2, 0) is 0 Å². The number of nitrogens with one attached hydrogen (secondary N) is 1. The lowest BCUT2D eigenvalue weighted by Gasteiger charge is -2.12. The van der Waals surface area contributed by atoms with E-state index in [4.69, 9.17) is 4.42 Å². The molecule has 1 N–H and O–H groups in total. The maximum atomic E-state index is 12.2. The van der Waals surface area contributed by atoms with Crippen LogP contribution in [0.15, 0.2) is 28.7 Å². The molecule has 0 radical (unpaired) electrons. The first-order chi connectivity index (χ1) is 9.17. The van der Waals surface area contributed by atoms with Gasteiger partial charge in [0.05, 0.1) is 0 Å². The van der Waals surface area contributed by atoms with Crippen LogP contribution in [0.3, 0.4) is 0 Å². The normalized spacial score (nSPS) is 11.2. The highest BCUT2D eigenvalue weighted by atomic mass is 16.3. The van der Waals surface area contributed by atoms with Gasteiger partial charge in [0.1, 0.15) is 5.58 Å². The summed E-state index contributed by atoms with van der Waals surface area (Å²) in [5.74, 6) is 0.862. The summed E-state index contributed by atoms with van der Waals surface area (Å²) in [4.78, 5) is 12.2. The predicted molar refractivity (Wildman–Crippen MR) is 77.4 cm³/mol. The number of hydrogen-bond donors (Lipinski definition) is 1. The minimum atomic E-state index is -0.111. The molecule has 0 aliphatic heterocycles. The fourth-order valence-electron chi connectivity index (χ4n) is 2.29. The number of fused-ring (bicyclic) bond motifs is 1. The Kier molecular flexibility index (Phi) is 4.25. The van der Waals surface area contributed by atoms with Gasteiger partial charge in [0, 0.05) is 17.5 Å². The fraction of sp³-hybridized carbons (Fsp3) is 0.438. The topological polar surface area (TPSA) is 42.2 Å². The quantitative estimate of drug-likeness (QED) is 0.884. The Bertz CT molecular complexity index is 567. The Balaban J connectivity index is 2.15. The number of hydrogen-bond acceptors (Lipinski definition) is 2. The molecule has 1 amide bonds. The molecule has 0 fully saturated rings. The van der Waals surface area contributed by atoms with Crippen LogP contribution >= 0.6 is 0 Å². The Labute approximate surface area is 114 Å². The highest BCUT2D eigenvalue weighted by Gasteiger charge is 2.17. The number of furan rings is 1. The van der Waals surface area contributed by atoms with Crippen molar-refractivity contribution in [1.29, 1.82) is 0 Å². The van der Waals surface area contributed by atoms with Gasteiger partial charge in [0.2, 0.25) is 0 Å². The first kappa shape index (κ1) is 13.7. The van der Waals surface area contributed by atoms with Crippen molar-refractivity contribution < 1.29 is 9.21 Å². The van der Waals surface area contributed by atoms with Crippen molar-refractivity contribution in [2.75, 3.05) is 6.54 Å². The van der Waals surface area contributed by atoms with E-state index in [0.29, 0.717) is 18.2 Å². The Morgan fingerprint density at radius 1 is 1.26 bits per heavy atom. The maximum absolute atomic E-state index is 12.2. The average Bonchev–Trinajstić information content (AvgIpc) is 2.78. The molecule has 2 rings (SSSR count). The molecule has 3 heteroatoms. The first-order valence-electron chi connectivity index (χ1n) is 6.93. The molecule has 0 atom stereocenters. The number of aryl methyl sites for hydroxylation is 1. The van der Waals surface area contributed by atoms with E-state index in [1.807, 2.05) is 31.2 Å². The second-order valence-corrected chi connectivity index (χ2v) is 4.94. The van der Waals surface area contributed by atoms with Gasteiger partial charge in [-0.2, -0.15) is 0 Å². The molecule has 1 aromatic carbocycles. The number of rotatable bonds is 5. The Morgan fingerprint density at radius 2 is 1.95 bits per heavy atom. The van der Waals surface area contributed by atoms with E-state index in [2.05, 4.69) is 19.2 Å². The zero-order valence-corrected chi connectivity index (χ0v) is 11.8. The van der Waals surface area contributed by atoms with E-state index in [0.717, 1.165) is 29.4 Å². The van der Waals surface area contributed by atoms with Gasteiger partial charge in [-0.25, -0.2) is 0 Å². The Morgan fingerprint density at radius 3 is 2.58 bits per heavy atom. The summed E-state index contributed by atoms with van der Waals surface area (Å²) in [6, 6.07) is 7.74. The van der Waals surface area contributed by atoms with Crippen LogP contribution in [0.5, 0.6) is 0 Å². The Hall–Kier alpha value is -1.77. The molecule has 3 nitrogen and oxygen atoms in total. The van der Waals surface area contributed by atoms with Crippen molar-refractivity contribution in [2.24, 2.45) is 5.92 Å². The summed E-state index contributed by atoms with van der Waals surface area (Å²) in [6.07, 6.45) is 2.16. The van der Waals surface area contributed by atoms with E-state index >= 15 is 0 Å². The van der Waals surface area contributed by atoms with E-state index < -0.39 is 0 Å². The van der Waals surface area contributed by atoms with Crippen molar-refractivity contribution in [1.82, 2.24) is 5.32 Å². The monoisotopic (exact) mass is 259 g/mol. The lowest BCUT2D eigenvalue weighted by atomic mass is 10.0. The van der Waals surface area contributed by atoms with Crippen molar-refractivity contribution >= 4 is 16.9 Å². The van der Waals surface area contributed by atoms with Gasteiger partial charge >= 0.3 is 0 Å². The summed E-state index contributed by atoms with van der Waals surface area (Å²) in [5, 5.41) is 3.98. The van der Waals surface area contributed by atoms with Gasteiger partial charge in [-0.15, -0.1) is 0 Å². The molecule has 0 aliphatic carbocycles. The van der Waals surface area contributed by atoms with Crippen LogP contribution in [0.2, 0.25) is 0 Å². The van der Waals surface area contributed by atoms with Gasteiger partial charge < -0.3 is 9.73 Å². The maximum Gasteiger partial charge on any atom is 0.287 e. The van der Waals surface area contributed by atoms with E-state index in [-0.39, 0.29) is 5.91 Å². The van der Waals surface area contributed by atoms with Crippen molar-refractivity contribution in [3.8, 4) is 0 Å². The van der Waals surface area contributed by atoms with Crippen LogP contribution in [0.4, 0.5) is 0 Å². The van der Waals surface area contributed by atoms with E-state index in [9.17, 15) is 4.79 Å². The number of amides is 1. The summed E-state index contributed by atoms with van der Waals surface area (Å²) >= 11 is 0. The molecule has 0 aliphatic rings. The fourth-order valence-corrected chi connectivity index (χ4v) is 2.29. The molecule has 1 aromatic heterocycles. The lowest BCUT2D eigenvalue weighted by Crippen LogP contribution is -2.29. The number of carbonyl (C=O) groups excluding carboxylic acids is 1. The van der Waals surface area contributed by atoms with Gasteiger partial charge in [0.25, 0.3) is 5.91 Å². The van der Waals surface area contributed by atoms with Crippen LogP contribution in [0, 0.1) is 12.8 Å². The minimum Gasteiger partial charge on any atom is -0.451 e. The molecular formula is C16H21NO2. The third-order valence-corrected chi connectivity index (χ3v) is 3.76. The lowest BCUT2D eigenvalue weighted by molar-refractivity contribution is 0.0920. The van der Waals surface area contributed by atoms with Gasteiger partial charge in [0.15, 0.2) is 5.76 Å². The van der Waals surface area contributed by atoms with Crippen molar-refractivity contribution in [3.05, 3.63) is 35.6 Å². The molecule has 0 spiro atoms. The van der Waals surface area contributed by atoms with Gasteiger partial charge in [-0.05, 0) is 18.9 Å². The molecule has 0 unspecified atom stereocenters. The molecule has 1 heterocycles. The van der Waals surface area contributed by atoms with Gasteiger partial charge in [-0.3, -0.25) is 4.79 Å². The smallest absolute Gasteiger partial charge is 0.287 e. The van der Waals surface area contributed by atoms with Crippen molar-refractivity contribution in [3.63, 3.8) is 0 Å². The molecule has 19 heavy (non-hydrogen) atoms. The largest absolute Gasteiger partial charge is 0.451 e. The number of para-hydroxylation sites is 1. The average molecular weight is 259 g/mol. The summed E-state index contributed by atoms with van der Waals surface area (Å²) < 4.78 is 5.65. The van der Waals surface area contributed by atoms with Crippen LogP contribution < -0.4 is 5.32 Å². The second kappa shape index (κ2) is 5.91. The number of benzene rings is 1. The second-order valence-electron chi connectivity index (χ2n) is 4.94. The molecule has 0 saturated heterocycles. The zero-order chi connectivity index (χ0) is 13.8. The van der Waals surface area contributed by atoms with E-state index in [1.54, 1.807) is 0 Å². The SMILES string of the molecule is CCC(CC)CNC(=O)c1oc2ccccc2c1C. The summed E-state index contributed by atoms with van der Waals surface area (Å²) in [7, 11) is 0. The summed E-state index contributed by atoms with van der Waals surface area (Å²) in [5.41, 5.74) is 1.69. The van der Waals surface area contributed by atoms with Crippen molar-refractivity contribution in [2.45, 2.75) is 33.6 Å². The van der Waals surface area contributed by atoms with Gasteiger partial charge in [-0.1, -0.05) is 44.9 Å². The molecule has 0 saturated carbocycles. The number of carbonyl (C=O) groups is 1.